The van der Waals surface area contributed by atoms with Gasteiger partial charge in [-0.1, -0.05) is 0 Å². The quantitative estimate of drug-likeness (QED) is 0.723. The number of rotatable bonds is 3. The summed E-state index contributed by atoms with van der Waals surface area (Å²) < 4.78 is 0. The van der Waals surface area contributed by atoms with Crippen LogP contribution in [0.2, 0.25) is 0 Å². The number of hydrogen-bond acceptors (Lipinski definition) is 3. The Balaban J connectivity index is 2.74. The minimum atomic E-state index is -0.653. The number of anilines is 1. The molecule has 15 heavy (non-hydrogen) atoms. The standard InChI is InChI=1S/C11H13N3O/c1-3-5-10(12)11(15)14(2)9-6-4-7-13-8-9/h1,4,6-8,10H,5,12H2,2H3. The van der Waals surface area contributed by atoms with Crippen molar-refractivity contribution in [1.29, 1.82) is 0 Å². The van der Waals surface area contributed by atoms with Crippen LogP contribution in [-0.4, -0.2) is 24.0 Å². The number of amides is 1. The molecule has 0 saturated carbocycles. The van der Waals surface area contributed by atoms with Crippen molar-refractivity contribution in [2.75, 3.05) is 11.9 Å². The summed E-state index contributed by atoms with van der Waals surface area (Å²) in [4.78, 5) is 17.1. The molecule has 0 spiro atoms. The van der Waals surface area contributed by atoms with Crippen LogP contribution in [0.4, 0.5) is 5.69 Å². The van der Waals surface area contributed by atoms with E-state index in [4.69, 9.17) is 12.2 Å². The second kappa shape index (κ2) is 5.13. The van der Waals surface area contributed by atoms with E-state index in [0.29, 0.717) is 5.69 Å². The number of terminal acetylenes is 1. The molecular formula is C11H13N3O. The zero-order chi connectivity index (χ0) is 11.3. The Morgan fingerprint density at radius 1 is 1.80 bits per heavy atom. The van der Waals surface area contributed by atoms with Crippen LogP contribution in [-0.2, 0) is 4.79 Å². The number of carbonyl (C=O) groups excluding carboxylic acids is 1. The average molecular weight is 203 g/mol. The molecule has 4 heteroatoms. The van der Waals surface area contributed by atoms with Crippen LogP contribution in [0.3, 0.4) is 0 Å². The van der Waals surface area contributed by atoms with Gasteiger partial charge in [0.1, 0.15) is 0 Å². The number of likely N-dealkylation sites (N-methyl/N-ethyl adjacent to an activating group) is 1. The SMILES string of the molecule is C#CCC(N)C(=O)N(C)c1cccnc1. The maximum atomic E-state index is 11.7. The van der Waals surface area contributed by atoms with Crippen LogP contribution in [0.5, 0.6) is 0 Å². The van der Waals surface area contributed by atoms with E-state index in [1.807, 2.05) is 0 Å². The molecule has 2 N–H and O–H groups in total. The topological polar surface area (TPSA) is 59.2 Å². The number of nitrogens with zero attached hydrogens (tertiary/aromatic N) is 2. The molecule has 0 saturated heterocycles. The van der Waals surface area contributed by atoms with Gasteiger partial charge in [0.15, 0.2) is 0 Å². The third-order valence-corrected chi connectivity index (χ3v) is 2.02. The Morgan fingerprint density at radius 3 is 3.07 bits per heavy atom. The zero-order valence-corrected chi connectivity index (χ0v) is 8.55. The summed E-state index contributed by atoms with van der Waals surface area (Å²) in [5, 5.41) is 0. The predicted molar refractivity (Wildman–Crippen MR) is 59.1 cm³/mol. The fourth-order valence-corrected chi connectivity index (χ4v) is 1.14. The fraction of sp³-hybridized carbons (Fsp3) is 0.273. The summed E-state index contributed by atoms with van der Waals surface area (Å²) in [5.41, 5.74) is 6.32. The average Bonchev–Trinajstić information content (AvgIpc) is 2.28. The molecule has 1 rings (SSSR count). The lowest BCUT2D eigenvalue weighted by molar-refractivity contribution is -0.119. The lowest BCUT2D eigenvalue weighted by Gasteiger charge is -2.19. The van der Waals surface area contributed by atoms with Gasteiger partial charge in [-0.05, 0) is 12.1 Å². The maximum Gasteiger partial charge on any atom is 0.244 e. The molecule has 1 atom stereocenters. The molecule has 1 aromatic rings. The Morgan fingerprint density at radius 2 is 2.53 bits per heavy atom. The van der Waals surface area contributed by atoms with Gasteiger partial charge in [-0.3, -0.25) is 9.78 Å². The first-order valence-electron chi connectivity index (χ1n) is 4.53. The first-order valence-corrected chi connectivity index (χ1v) is 4.53. The van der Waals surface area contributed by atoms with Crippen molar-refractivity contribution in [2.45, 2.75) is 12.5 Å². The van der Waals surface area contributed by atoms with Crippen LogP contribution in [0, 0.1) is 12.3 Å². The smallest absolute Gasteiger partial charge is 0.244 e. The van der Waals surface area contributed by atoms with Gasteiger partial charge < -0.3 is 10.6 Å². The van der Waals surface area contributed by atoms with E-state index in [9.17, 15) is 4.79 Å². The van der Waals surface area contributed by atoms with E-state index < -0.39 is 6.04 Å². The molecule has 0 fully saturated rings. The van der Waals surface area contributed by atoms with Gasteiger partial charge in [0.2, 0.25) is 5.91 Å². The second-order valence-corrected chi connectivity index (χ2v) is 3.12. The summed E-state index contributed by atoms with van der Waals surface area (Å²) in [6.07, 6.45) is 8.57. The number of aromatic nitrogens is 1. The van der Waals surface area contributed by atoms with Crippen LogP contribution >= 0.6 is 0 Å². The minimum absolute atomic E-state index is 0.207. The van der Waals surface area contributed by atoms with E-state index >= 15 is 0 Å². The van der Waals surface area contributed by atoms with Crippen LogP contribution in [0.15, 0.2) is 24.5 Å². The highest BCUT2D eigenvalue weighted by Crippen LogP contribution is 2.10. The summed E-state index contributed by atoms with van der Waals surface area (Å²) in [6.45, 7) is 0. The first-order chi connectivity index (χ1) is 7.16. The highest BCUT2D eigenvalue weighted by atomic mass is 16.2. The molecule has 1 heterocycles. The summed E-state index contributed by atoms with van der Waals surface area (Å²) in [7, 11) is 1.65. The Hall–Kier alpha value is -1.86. The van der Waals surface area contributed by atoms with Crippen molar-refractivity contribution < 1.29 is 4.79 Å². The van der Waals surface area contributed by atoms with Gasteiger partial charge in [0.05, 0.1) is 17.9 Å². The number of nitrogens with two attached hydrogens (primary N) is 1. The molecule has 4 nitrogen and oxygen atoms in total. The summed E-state index contributed by atoms with van der Waals surface area (Å²) in [5.74, 6) is 2.16. The lowest BCUT2D eigenvalue weighted by Crippen LogP contribution is -2.41. The van der Waals surface area contributed by atoms with Crippen LogP contribution in [0.25, 0.3) is 0 Å². The highest BCUT2D eigenvalue weighted by molar-refractivity contribution is 5.96. The molecule has 0 bridgehead atoms. The van der Waals surface area contributed by atoms with Crippen LogP contribution in [0.1, 0.15) is 6.42 Å². The molecule has 0 aliphatic carbocycles. The van der Waals surface area contributed by atoms with Gasteiger partial charge in [-0.15, -0.1) is 12.3 Å². The highest BCUT2D eigenvalue weighted by Gasteiger charge is 2.17. The van der Waals surface area contributed by atoms with E-state index in [0.717, 1.165) is 0 Å². The van der Waals surface area contributed by atoms with Crippen LogP contribution < -0.4 is 10.6 Å². The van der Waals surface area contributed by atoms with Crippen molar-refractivity contribution in [2.24, 2.45) is 5.73 Å². The van der Waals surface area contributed by atoms with E-state index in [1.54, 1.807) is 31.6 Å². The largest absolute Gasteiger partial charge is 0.319 e. The Labute approximate surface area is 89.1 Å². The molecular weight excluding hydrogens is 190 g/mol. The van der Waals surface area contributed by atoms with Crippen molar-refractivity contribution in [1.82, 2.24) is 4.98 Å². The third kappa shape index (κ3) is 2.79. The monoisotopic (exact) mass is 203 g/mol. The molecule has 1 unspecified atom stereocenters. The van der Waals surface area contributed by atoms with Crippen molar-refractivity contribution in [3.05, 3.63) is 24.5 Å². The number of hydrogen-bond donors (Lipinski definition) is 1. The molecule has 0 aliphatic rings. The van der Waals surface area contributed by atoms with Gasteiger partial charge in [-0.25, -0.2) is 0 Å². The summed E-state index contributed by atoms with van der Waals surface area (Å²) >= 11 is 0. The first kappa shape index (κ1) is 11.2. The third-order valence-electron chi connectivity index (χ3n) is 2.02. The van der Waals surface area contributed by atoms with Crippen molar-refractivity contribution in [3.8, 4) is 12.3 Å². The second-order valence-electron chi connectivity index (χ2n) is 3.12. The molecule has 78 valence electrons. The zero-order valence-electron chi connectivity index (χ0n) is 8.55. The minimum Gasteiger partial charge on any atom is -0.319 e. The van der Waals surface area contributed by atoms with E-state index in [1.165, 1.54) is 4.90 Å². The normalized spacial score (nSPS) is 11.5. The Kier molecular flexibility index (Phi) is 3.83. The van der Waals surface area contributed by atoms with Gasteiger partial charge in [0, 0.05) is 19.7 Å². The van der Waals surface area contributed by atoms with Gasteiger partial charge in [-0.2, -0.15) is 0 Å². The van der Waals surface area contributed by atoms with E-state index in [-0.39, 0.29) is 12.3 Å². The molecule has 1 amide bonds. The number of carbonyl (C=O) groups is 1. The molecule has 1 aromatic heterocycles. The predicted octanol–water partition coefficient (Wildman–Crippen LogP) is 0.395. The fourth-order valence-electron chi connectivity index (χ4n) is 1.14. The Bertz CT molecular complexity index is 369. The lowest BCUT2D eigenvalue weighted by atomic mass is 10.2. The van der Waals surface area contributed by atoms with Crippen molar-refractivity contribution in [3.63, 3.8) is 0 Å². The van der Waals surface area contributed by atoms with Gasteiger partial charge in [0.25, 0.3) is 0 Å². The maximum absolute atomic E-state index is 11.7. The summed E-state index contributed by atoms with van der Waals surface area (Å²) in [6, 6.07) is 2.89. The molecule has 0 aliphatic heterocycles. The molecule has 0 aromatic carbocycles. The number of pyridine rings is 1. The van der Waals surface area contributed by atoms with Gasteiger partial charge >= 0.3 is 0 Å². The van der Waals surface area contributed by atoms with E-state index in [2.05, 4.69) is 10.9 Å². The van der Waals surface area contributed by atoms with Crippen molar-refractivity contribution >= 4 is 11.6 Å². The molecule has 0 radical (unpaired) electrons.